The quantitative estimate of drug-likeness (QED) is 0.791. The lowest BCUT2D eigenvalue weighted by Gasteiger charge is -2.33. The van der Waals surface area contributed by atoms with Crippen LogP contribution in [0, 0.1) is 5.92 Å². The van der Waals surface area contributed by atoms with Crippen LogP contribution < -0.4 is 10.6 Å². The molecule has 0 spiro atoms. The van der Waals surface area contributed by atoms with Gasteiger partial charge in [0.25, 0.3) is 0 Å². The lowest BCUT2D eigenvalue weighted by Crippen LogP contribution is -2.50. The first-order chi connectivity index (χ1) is 10.2. The number of piperidine rings is 1. The molecule has 5 nitrogen and oxygen atoms in total. The van der Waals surface area contributed by atoms with Crippen molar-refractivity contribution in [3.05, 3.63) is 0 Å². The van der Waals surface area contributed by atoms with Crippen molar-refractivity contribution in [3.8, 4) is 0 Å². The summed E-state index contributed by atoms with van der Waals surface area (Å²) < 4.78 is 5.35. The molecule has 1 aliphatic rings. The fraction of sp³-hybridized carbons (Fsp3) is 0.941. The molecular formula is C17H35N3O2. The second kappa shape index (κ2) is 8.73. The van der Waals surface area contributed by atoms with Crippen LogP contribution in [0.2, 0.25) is 0 Å². The Morgan fingerprint density at radius 3 is 2.55 bits per heavy atom. The van der Waals surface area contributed by atoms with E-state index in [1.54, 1.807) is 0 Å². The zero-order chi connectivity index (χ0) is 16.8. The first-order valence-corrected chi connectivity index (χ1v) is 8.59. The van der Waals surface area contributed by atoms with E-state index in [-0.39, 0.29) is 12.1 Å². The lowest BCUT2D eigenvalue weighted by molar-refractivity contribution is 0.0489. The Hall–Kier alpha value is -0.810. The normalized spacial score (nSPS) is 21.7. The minimum absolute atomic E-state index is 0.0868. The van der Waals surface area contributed by atoms with Crippen LogP contribution in [-0.4, -0.2) is 55.4 Å². The average Bonchev–Trinajstić information content (AvgIpc) is 2.37. The summed E-state index contributed by atoms with van der Waals surface area (Å²) in [5, 5.41) is 6.51. The molecule has 0 bridgehead atoms. The lowest BCUT2D eigenvalue weighted by atomic mass is 10.0. The third kappa shape index (κ3) is 7.45. The number of alkyl carbamates (subject to hydrolysis) is 1. The molecule has 2 atom stereocenters. The van der Waals surface area contributed by atoms with Gasteiger partial charge in [-0.25, -0.2) is 4.79 Å². The minimum atomic E-state index is -0.455. The molecule has 1 heterocycles. The number of ether oxygens (including phenoxy) is 1. The summed E-state index contributed by atoms with van der Waals surface area (Å²) in [7, 11) is 2.20. The van der Waals surface area contributed by atoms with Gasteiger partial charge in [0.1, 0.15) is 5.60 Å². The molecule has 0 aromatic heterocycles. The Labute approximate surface area is 136 Å². The maximum absolute atomic E-state index is 11.9. The third-order valence-electron chi connectivity index (χ3n) is 4.17. The van der Waals surface area contributed by atoms with Crippen molar-refractivity contribution in [1.82, 2.24) is 15.5 Å². The topological polar surface area (TPSA) is 53.6 Å². The fourth-order valence-electron chi connectivity index (χ4n) is 2.72. The number of carbonyl (C=O) groups excluding carboxylic acids is 1. The summed E-state index contributed by atoms with van der Waals surface area (Å²) in [6, 6.07) is 0.701. The van der Waals surface area contributed by atoms with Gasteiger partial charge in [0, 0.05) is 25.2 Å². The molecule has 0 saturated carbocycles. The van der Waals surface area contributed by atoms with Gasteiger partial charge in [-0.2, -0.15) is 0 Å². The first kappa shape index (κ1) is 19.2. The maximum atomic E-state index is 11.9. The molecule has 130 valence electrons. The highest BCUT2D eigenvalue weighted by atomic mass is 16.6. The molecule has 0 radical (unpaired) electrons. The molecular weight excluding hydrogens is 278 g/mol. The van der Waals surface area contributed by atoms with E-state index in [0.29, 0.717) is 12.0 Å². The summed E-state index contributed by atoms with van der Waals surface area (Å²) in [5.74, 6) is 0.365. The molecule has 1 saturated heterocycles. The van der Waals surface area contributed by atoms with E-state index in [2.05, 4.69) is 36.4 Å². The van der Waals surface area contributed by atoms with Gasteiger partial charge in [0.2, 0.25) is 0 Å². The van der Waals surface area contributed by atoms with Crippen molar-refractivity contribution in [2.75, 3.05) is 26.7 Å². The highest BCUT2D eigenvalue weighted by Gasteiger charge is 2.22. The van der Waals surface area contributed by atoms with E-state index in [0.717, 1.165) is 13.1 Å². The highest BCUT2D eigenvalue weighted by Crippen LogP contribution is 2.14. The number of nitrogens with zero attached hydrogens (tertiary/aromatic N) is 1. The van der Waals surface area contributed by atoms with Crippen LogP contribution in [0.25, 0.3) is 0 Å². The van der Waals surface area contributed by atoms with Crippen molar-refractivity contribution in [2.24, 2.45) is 5.92 Å². The van der Waals surface area contributed by atoms with E-state index < -0.39 is 5.60 Å². The molecule has 0 aliphatic carbocycles. The standard InChI is InChI=1S/C17H35N3O2/c1-13(2)15(19-16(21)22-17(3,4)5)12-18-11-14-9-7-8-10-20(14)6/h13-15,18H,7-12H2,1-6H3,(H,19,21). The molecule has 22 heavy (non-hydrogen) atoms. The highest BCUT2D eigenvalue weighted by molar-refractivity contribution is 5.68. The Balaban J connectivity index is 2.36. The van der Waals surface area contributed by atoms with Crippen LogP contribution in [-0.2, 0) is 4.74 Å². The molecule has 1 aliphatic heterocycles. The molecule has 0 aromatic carbocycles. The average molecular weight is 313 g/mol. The van der Waals surface area contributed by atoms with Gasteiger partial charge in [-0.1, -0.05) is 20.3 Å². The van der Waals surface area contributed by atoms with Crippen LogP contribution in [0.4, 0.5) is 4.79 Å². The predicted octanol–water partition coefficient (Wildman–Crippen LogP) is 2.61. The van der Waals surface area contributed by atoms with Crippen LogP contribution in [0.3, 0.4) is 0 Å². The smallest absolute Gasteiger partial charge is 0.407 e. The SMILES string of the molecule is CC(C)C(CNCC1CCCCN1C)NC(=O)OC(C)(C)C. The molecule has 1 fully saturated rings. The Morgan fingerprint density at radius 2 is 2.00 bits per heavy atom. The van der Waals surface area contributed by atoms with E-state index >= 15 is 0 Å². The summed E-state index contributed by atoms with van der Waals surface area (Å²) in [6.45, 7) is 12.8. The van der Waals surface area contributed by atoms with Gasteiger partial charge >= 0.3 is 6.09 Å². The minimum Gasteiger partial charge on any atom is -0.444 e. The predicted molar refractivity (Wildman–Crippen MR) is 91.1 cm³/mol. The molecule has 5 heteroatoms. The number of carbonyl (C=O) groups is 1. The number of amides is 1. The number of hydrogen-bond donors (Lipinski definition) is 2. The number of rotatable bonds is 6. The van der Waals surface area contributed by atoms with E-state index in [1.165, 1.54) is 25.8 Å². The number of likely N-dealkylation sites (tertiary alicyclic amines) is 1. The van der Waals surface area contributed by atoms with Gasteiger partial charge in [0.15, 0.2) is 0 Å². The van der Waals surface area contributed by atoms with E-state index in [9.17, 15) is 4.79 Å². The zero-order valence-corrected chi connectivity index (χ0v) is 15.2. The summed E-state index contributed by atoms with van der Waals surface area (Å²) in [5.41, 5.74) is -0.455. The zero-order valence-electron chi connectivity index (χ0n) is 15.2. The van der Waals surface area contributed by atoms with E-state index in [1.807, 2.05) is 20.8 Å². The fourth-order valence-corrected chi connectivity index (χ4v) is 2.72. The van der Waals surface area contributed by atoms with Crippen molar-refractivity contribution in [2.45, 2.75) is 71.6 Å². The van der Waals surface area contributed by atoms with Crippen LogP contribution >= 0.6 is 0 Å². The Morgan fingerprint density at radius 1 is 1.32 bits per heavy atom. The second-order valence-electron chi connectivity index (χ2n) is 7.79. The largest absolute Gasteiger partial charge is 0.444 e. The van der Waals surface area contributed by atoms with Crippen LogP contribution in [0.15, 0.2) is 0 Å². The van der Waals surface area contributed by atoms with Gasteiger partial charge in [-0.3, -0.25) is 0 Å². The van der Waals surface area contributed by atoms with Crippen molar-refractivity contribution in [3.63, 3.8) is 0 Å². The summed E-state index contributed by atoms with van der Waals surface area (Å²) >= 11 is 0. The second-order valence-corrected chi connectivity index (χ2v) is 7.79. The number of likely N-dealkylation sites (N-methyl/N-ethyl adjacent to an activating group) is 1. The third-order valence-corrected chi connectivity index (χ3v) is 4.17. The molecule has 2 unspecified atom stereocenters. The van der Waals surface area contributed by atoms with Crippen molar-refractivity contribution >= 4 is 6.09 Å². The first-order valence-electron chi connectivity index (χ1n) is 8.59. The Kier molecular flexibility index (Phi) is 7.63. The van der Waals surface area contributed by atoms with Gasteiger partial charge in [-0.15, -0.1) is 0 Å². The molecule has 1 amide bonds. The van der Waals surface area contributed by atoms with Crippen LogP contribution in [0.1, 0.15) is 53.9 Å². The van der Waals surface area contributed by atoms with Crippen molar-refractivity contribution < 1.29 is 9.53 Å². The summed E-state index contributed by atoms with van der Waals surface area (Å²) in [6.07, 6.45) is 3.56. The molecule has 1 rings (SSSR count). The van der Waals surface area contributed by atoms with Gasteiger partial charge < -0.3 is 20.3 Å². The molecule has 0 aromatic rings. The number of hydrogen-bond acceptors (Lipinski definition) is 4. The van der Waals surface area contributed by atoms with Gasteiger partial charge in [-0.05, 0) is 53.1 Å². The molecule has 2 N–H and O–H groups in total. The Bertz CT molecular complexity index is 339. The maximum Gasteiger partial charge on any atom is 0.407 e. The number of nitrogens with one attached hydrogen (secondary N) is 2. The summed E-state index contributed by atoms with van der Waals surface area (Å²) in [4.78, 5) is 14.4. The van der Waals surface area contributed by atoms with Crippen LogP contribution in [0.5, 0.6) is 0 Å². The monoisotopic (exact) mass is 313 g/mol. The van der Waals surface area contributed by atoms with E-state index in [4.69, 9.17) is 4.74 Å². The van der Waals surface area contributed by atoms with Crippen molar-refractivity contribution in [1.29, 1.82) is 0 Å². The van der Waals surface area contributed by atoms with Gasteiger partial charge in [0.05, 0.1) is 0 Å².